The molecule has 1 saturated heterocycles. The number of alkyl halides is 3. The van der Waals surface area contributed by atoms with Crippen molar-refractivity contribution in [3.05, 3.63) is 35.4 Å². The standard InChI is InChI=1S/C13H16F3NO/c14-13(15,16)11-4-1-3-10(7-11)8-17-6-2-5-12(18)9-17/h1,3-4,7,12,18H,2,5-6,8-9H2/t12-/m0/s1. The Morgan fingerprint density at radius 1 is 1.33 bits per heavy atom. The second-order valence-electron chi connectivity index (χ2n) is 4.73. The molecule has 1 heterocycles. The van der Waals surface area contributed by atoms with Crippen LogP contribution in [-0.4, -0.2) is 29.2 Å². The van der Waals surface area contributed by atoms with Crippen LogP contribution in [0.25, 0.3) is 0 Å². The van der Waals surface area contributed by atoms with Gasteiger partial charge in [0.15, 0.2) is 0 Å². The average molecular weight is 259 g/mol. The maximum absolute atomic E-state index is 12.6. The van der Waals surface area contributed by atoms with Gasteiger partial charge >= 0.3 is 6.18 Å². The molecule has 1 atom stereocenters. The number of hydrogen-bond donors (Lipinski definition) is 1. The Hall–Kier alpha value is -1.07. The number of likely N-dealkylation sites (tertiary alicyclic amines) is 1. The van der Waals surface area contributed by atoms with E-state index >= 15 is 0 Å². The van der Waals surface area contributed by atoms with Gasteiger partial charge in [-0.05, 0) is 31.0 Å². The number of aliphatic hydroxyl groups is 1. The van der Waals surface area contributed by atoms with Crippen LogP contribution in [0.4, 0.5) is 13.2 Å². The third-order valence-electron chi connectivity index (χ3n) is 3.14. The van der Waals surface area contributed by atoms with Crippen molar-refractivity contribution < 1.29 is 18.3 Å². The molecule has 100 valence electrons. The number of β-amino-alcohol motifs (C(OH)–C–C–N with tert-alkyl or cyclic N) is 1. The fourth-order valence-corrected chi connectivity index (χ4v) is 2.28. The van der Waals surface area contributed by atoms with Crippen LogP contribution in [0.5, 0.6) is 0 Å². The van der Waals surface area contributed by atoms with Crippen molar-refractivity contribution in [2.24, 2.45) is 0 Å². The maximum atomic E-state index is 12.6. The predicted molar refractivity (Wildman–Crippen MR) is 62.0 cm³/mol. The van der Waals surface area contributed by atoms with Crippen LogP contribution in [0, 0.1) is 0 Å². The minimum Gasteiger partial charge on any atom is -0.392 e. The number of aliphatic hydroxyl groups excluding tert-OH is 1. The Balaban J connectivity index is 2.05. The molecule has 5 heteroatoms. The minimum atomic E-state index is -4.29. The van der Waals surface area contributed by atoms with Gasteiger partial charge < -0.3 is 5.11 Å². The number of nitrogens with zero attached hydrogens (tertiary/aromatic N) is 1. The summed E-state index contributed by atoms with van der Waals surface area (Å²) in [5, 5.41) is 9.52. The van der Waals surface area contributed by atoms with E-state index < -0.39 is 11.7 Å². The van der Waals surface area contributed by atoms with Crippen molar-refractivity contribution in [1.82, 2.24) is 4.90 Å². The third kappa shape index (κ3) is 3.46. The molecule has 0 aromatic heterocycles. The first-order valence-electron chi connectivity index (χ1n) is 6.02. The summed E-state index contributed by atoms with van der Waals surface area (Å²) in [7, 11) is 0. The molecule has 0 saturated carbocycles. The topological polar surface area (TPSA) is 23.5 Å². The maximum Gasteiger partial charge on any atom is 0.416 e. The van der Waals surface area contributed by atoms with Crippen molar-refractivity contribution in [3.63, 3.8) is 0 Å². The van der Waals surface area contributed by atoms with E-state index in [1.165, 1.54) is 12.1 Å². The molecule has 0 radical (unpaired) electrons. The Morgan fingerprint density at radius 2 is 2.11 bits per heavy atom. The van der Waals surface area contributed by atoms with Crippen molar-refractivity contribution >= 4 is 0 Å². The van der Waals surface area contributed by atoms with Crippen LogP contribution in [-0.2, 0) is 12.7 Å². The molecule has 1 aromatic rings. The largest absolute Gasteiger partial charge is 0.416 e. The van der Waals surface area contributed by atoms with Crippen LogP contribution in [0.2, 0.25) is 0 Å². The number of piperidine rings is 1. The van der Waals surface area contributed by atoms with Gasteiger partial charge in [0.05, 0.1) is 11.7 Å². The Bertz CT molecular complexity index is 405. The monoisotopic (exact) mass is 259 g/mol. The smallest absolute Gasteiger partial charge is 0.392 e. The molecule has 0 unspecified atom stereocenters. The van der Waals surface area contributed by atoms with Gasteiger partial charge in [-0.25, -0.2) is 0 Å². The van der Waals surface area contributed by atoms with Crippen LogP contribution in [0.15, 0.2) is 24.3 Å². The lowest BCUT2D eigenvalue weighted by atomic mass is 10.1. The van der Waals surface area contributed by atoms with Crippen molar-refractivity contribution in [2.45, 2.75) is 31.7 Å². The van der Waals surface area contributed by atoms with E-state index in [4.69, 9.17) is 0 Å². The zero-order chi connectivity index (χ0) is 13.2. The van der Waals surface area contributed by atoms with E-state index in [1.807, 2.05) is 4.90 Å². The van der Waals surface area contributed by atoms with E-state index in [0.717, 1.165) is 25.5 Å². The first kappa shape index (κ1) is 13.4. The number of hydrogen-bond acceptors (Lipinski definition) is 2. The Kier molecular flexibility index (Phi) is 3.92. The van der Waals surface area contributed by atoms with Gasteiger partial charge in [-0.1, -0.05) is 18.2 Å². The van der Waals surface area contributed by atoms with Crippen molar-refractivity contribution in [2.75, 3.05) is 13.1 Å². The lowest BCUT2D eigenvalue weighted by Crippen LogP contribution is -2.37. The fraction of sp³-hybridized carbons (Fsp3) is 0.538. The third-order valence-corrected chi connectivity index (χ3v) is 3.14. The SMILES string of the molecule is O[C@H]1CCCN(Cc2cccc(C(F)(F)F)c2)C1. The summed E-state index contributed by atoms with van der Waals surface area (Å²) in [6.07, 6.45) is -2.99. The van der Waals surface area contributed by atoms with E-state index in [2.05, 4.69) is 0 Å². The van der Waals surface area contributed by atoms with Gasteiger partial charge in [-0.3, -0.25) is 4.90 Å². The molecule has 1 aliphatic heterocycles. The average Bonchev–Trinajstić information content (AvgIpc) is 2.28. The zero-order valence-electron chi connectivity index (χ0n) is 9.95. The highest BCUT2D eigenvalue weighted by molar-refractivity contribution is 5.25. The quantitative estimate of drug-likeness (QED) is 0.882. The lowest BCUT2D eigenvalue weighted by Gasteiger charge is -2.30. The predicted octanol–water partition coefficient (Wildman–Crippen LogP) is 2.66. The summed E-state index contributed by atoms with van der Waals surface area (Å²) in [6, 6.07) is 5.38. The van der Waals surface area contributed by atoms with Gasteiger partial charge in [0.2, 0.25) is 0 Å². The highest BCUT2D eigenvalue weighted by Crippen LogP contribution is 2.29. The summed E-state index contributed by atoms with van der Waals surface area (Å²) < 4.78 is 37.7. The molecular formula is C13H16F3NO. The Labute approximate surface area is 104 Å². The summed E-state index contributed by atoms with van der Waals surface area (Å²) in [4.78, 5) is 1.99. The summed E-state index contributed by atoms with van der Waals surface area (Å²) in [5.41, 5.74) is 0.0245. The Morgan fingerprint density at radius 3 is 2.78 bits per heavy atom. The summed E-state index contributed by atoms with van der Waals surface area (Å²) in [5.74, 6) is 0. The van der Waals surface area contributed by atoms with E-state index in [0.29, 0.717) is 18.7 Å². The molecule has 2 rings (SSSR count). The molecule has 0 amide bonds. The molecule has 18 heavy (non-hydrogen) atoms. The van der Waals surface area contributed by atoms with Crippen LogP contribution >= 0.6 is 0 Å². The molecule has 1 N–H and O–H groups in total. The summed E-state index contributed by atoms with van der Waals surface area (Å²) in [6.45, 7) is 1.82. The number of rotatable bonds is 2. The molecule has 1 aliphatic rings. The van der Waals surface area contributed by atoms with E-state index in [9.17, 15) is 18.3 Å². The number of halogens is 3. The molecule has 2 nitrogen and oxygen atoms in total. The molecular weight excluding hydrogens is 243 g/mol. The number of benzene rings is 1. The first-order valence-corrected chi connectivity index (χ1v) is 6.02. The van der Waals surface area contributed by atoms with Crippen LogP contribution in [0.3, 0.4) is 0 Å². The minimum absolute atomic E-state index is 0.357. The first-order chi connectivity index (χ1) is 8.45. The highest BCUT2D eigenvalue weighted by atomic mass is 19.4. The van der Waals surface area contributed by atoms with Crippen molar-refractivity contribution in [1.29, 1.82) is 0 Å². The van der Waals surface area contributed by atoms with Gasteiger partial charge in [0, 0.05) is 13.1 Å². The molecule has 1 fully saturated rings. The normalized spacial score (nSPS) is 22.1. The zero-order valence-corrected chi connectivity index (χ0v) is 9.95. The van der Waals surface area contributed by atoms with Gasteiger partial charge in [0.25, 0.3) is 0 Å². The lowest BCUT2D eigenvalue weighted by molar-refractivity contribution is -0.137. The summed E-state index contributed by atoms with van der Waals surface area (Å²) >= 11 is 0. The van der Waals surface area contributed by atoms with E-state index in [-0.39, 0.29) is 6.10 Å². The molecule has 0 aliphatic carbocycles. The highest BCUT2D eigenvalue weighted by Gasteiger charge is 2.30. The molecule has 1 aromatic carbocycles. The van der Waals surface area contributed by atoms with Gasteiger partial charge in [-0.15, -0.1) is 0 Å². The molecule has 0 bridgehead atoms. The van der Waals surface area contributed by atoms with Crippen LogP contribution < -0.4 is 0 Å². The second-order valence-corrected chi connectivity index (χ2v) is 4.73. The second kappa shape index (κ2) is 5.28. The van der Waals surface area contributed by atoms with Gasteiger partial charge in [-0.2, -0.15) is 13.2 Å². The molecule has 0 spiro atoms. The van der Waals surface area contributed by atoms with E-state index in [1.54, 1.807) is 6.07 Å². The van der Waals surface area contributed by atoms with Crippen LogP contribution in [0.1, 0.15) is 24.0 Å². The fourth-order valence-electron chi connectivity index (χ4n) is 2.28. The van der Waals surface area contributed by atoms with Crippen molar-refractivity contribution in [3.8, 4) is 0 Å². The van der Waals surface area contributed by atoms with Gasteiger partial charge in [0.1, 0.15) is 0 Å².